The molecule has 1 aromatic heterocycles. The summed E-state index contributed by atoms with van der Waals surface area (Å²) in [5, 5.41) is 0. The molecule has 2 aliphatic rings. The van der Waals surface area contributed by atoms with E-state index in [9.17, 15) is 0 Å². The maximum atomic E-state index is 6.03. The average Bonchev–Trinajstić information content (AvgIpc) is 3.15. The van der Waals surface area contributed by atoms with E-state index in [-0.39, 0.29) is 13.1 Å². The van der Waals surface area contributed by atoms with Crippen LogP contribution in [-0.4, -0.2) is 23.5 Å². The second kappa shape index (κ2) is 12.2. The molecule has 0 amide bonds. The number of halogens is 2. The molecule has 0 aromatic carbocycles. The SMILES string of the molecule is CC(=NC1CCCCC1)c1ccc(C(C)=NC2CCCCC2)o1.[Cl][Fe][Cl]. The van der Waals surface area contributed by atoms with Gasteiger partial charge in [0, 0.05) is 0 Å². The Morgan fingerprint density at radius 3 is 1.50 bits per heavy atom. The number of furan rings is 1. The van der Waals surface area contributed by atoms with Gasteiger partial charge in [0.2, 0.25) is 0 Å². The molecule has 3 rings (SSSR count). The Hall–Kier alpha value is -0.281. The molecule has 148 valence electrons. The molecule has 0 aliphatic heterocycles. The van der Waals surface area contributed by atoms with Gasteiger partial charge in [-0.1, -0.05) is 38.5 Å². The van der Waals surface area contributed by atoms with Crippen molar-refractivity contribution in [1.82, 2.24) is 0 Å². The molecule has 6 heteroatoms. The van der Waals surface area contributed by atoms with Gasteiger partial charge in [-0.2, -0.15) is 0 Å². The molecule has 0 bridgehead atoms. The Morgan fingerprint density at radius 2 is 1.15 bits per heavy atom. The summed E-state index contributed by atoms with van der Waals surface area (Å²) in [7, 11) is 9.53. The summed E-state index contributed by atoms with van der Waals surface area (Å²) in [6.45, 7) is 4.15. The molecule has 0 spiro atoms. The number of hydrogen-bond acceptors (Lipinski definition) is 3. The van der Waals surface area contributed by atoms with Gasteiger partial charge in [-0.15, -0.1) is 0 Å². The Labute approximate surface area is 172 Å². The van der Waals surface area contributed by atoms with Gasteiger partial charge in [0.1, 0.15) is 11.5 Å². The first-order valence-corrected chi connectivity index (χ1v) is 12.7. The van der Waals surface area contributed by atoms with Crippen LogP contribution in [0.25, 0.3) is 0 Å². The van der Waals surface area contributed by atoms with Crippen LogP contribution in [0.4, 0.5) is 0 Å². The van der Waals surface area contributed by atoms with E-state index in [2.05, 4.69) is 26.0 Å². The van der Waals surface area contributed by atoms with Crippen molar-refractivity contribution in [2.24, 2.45) is 9.98 Å². The molecule has 0 N–H and O–H groups in total. The first-order valence-electron chi connectivity index (χ1n) is 9.68. The van der Waals surface area contributed by atoms with E-state index >= 15 is 0 Å². The predicted octanol–water partition coefficient (Wildman–Crippen LogP) is 6.94. The van der Waals surface area contributed by atoms with Crippen LogP contribution in [-0.2, 0) is 13.1 Å². The summed E-state index contributed by atoms with van der Waals surface area (Å²) in [6, 6.07) is 5.09. The molecule has 2 aliphatic carbocycles. The van der Waals surface area contributed by atoms with E-state index < -0.39 is 0 Å². The first-order chi connectivity index (χ1) is 12.6. The third-order valence-electron chi connectivity index (χ3n) is 5.22. The van der Waals surface area contributed by atoms with Crippen LogP contribution < -0.4 is 0 Å². The Balaban J connectivity index is 0.000000758. The van der Waals surface area contributed by atoms with Crippen LogP contribution >= 0.6 is 20.2 Å². The van der Waals surface area contributed by atoms with E-state index in [0.717, 1.165) is 22.9 Å². The van der Waals surface area contributed by atoms with Crippen molar-refractivity contribution in [2.75, 3.05) is 0 Å². The van der Waals surface area contributed by atoms with Crippen molar-refractivity contribution in [2.45, 2.75) is 90.1 Å². The summed E-state index contributed by atoms with van der Waals surface area (Å²) in [4.78, 5) is 9.76. The fourth-order valence-electron chi connectivity index (χ4n) is 3.82. The van der Waals surface area contributed by atoms with Crippen LogP contribution in [0.3, 0.4) is 0 Å². The van der Waals surface area contributed by atoms with Crippen molar-refractivity contribution in [3.05, 3.63) is 23.7 Å². The number of aliphatic imine (C=N–C) groups is 2. The van der Waals surface area contributed by atoms with E-state index in [1.807, 2.05) is 0 Å². The van der Waals surface area contributed by atoms with Crippen LogP contribution in [0, 0.1) is 0 Å². The standard InChI is InChI=1S/C20H30N2O.2ClH.Fe/c1-15(21-17-9-5-3-6-10-17)19-13-14-20(23-19)16(2)22-18-11-7-4-8-12-18;;;/h13-14,17-18H,3-12H2,1-2H3;2*1H;/q;;;+2/p-2. The van der Waals surface area contributed by atoms with E-state index in [4.69, 9.17) is 34.6 Å². The minimum atomic E-state index is 0.194. The Bertz CT molecular complexity index is 540. The molecule has 3 nitrogen and oxygen atoms in total. The van der Waals surface area contributed by atoms with Crippen molar-refractivity contribution < 1.29 is 17.6 Å². The monoisotopic (exact) mass is 440 g/mol. The maximum absolute atomic E-state index is 6.03. The quantitative estimate of drug-likeness (QED) is 0.369. The molecule has 2 saturated carbocycles. The van der Waals surface area contributed by atoms with Crippen molar-refractivity contribution in [3.8, 4) is 0 Å². The predicted molar refractivity (Wildman–Crippen MR) is 109 cm³/mol. The van der Waals surface area contributed by atoms with Crippen molar-refractivity contribution >= 4 is 31.6 Å². The fraction of sp³-hybridized carbons (Fsp3) is 0.700. The normalized spacial score (nSPS) is 20.8. The zero-order chi connectivity index (χ0) is 18.8. The summed E-state index contributed by atoms with van der Waals surface area (Å²) in [6.07, 6.45) is 12.9. The van der Waals surface area contributed by atoms with Gasteiger partial charge >= 0.3 is 33.3 Å². The minimum absolute atomic E-state index is 0.194. The first kappa shape index (κ1) is 22.0. The summed E-state index contributed by atoms with van der Waals surface area (Å²) >= 11 is 0.194. The third kappa shape index (κ3) is 7.38. The molecule has 0 atom stereocenters. The average molecular weight is 441 g/mol. The van der Waals surface area contributed by atoms with Crippen LogP contribution in [0.15, 0.2) is 26.5 Å². The van der Waals surface area contributed by atoms with E-state index in [1.54, 1.807) is 0 Å². The van der Waals surface area contributed by atoms with Crippen LogP contribution in [0.5, 0.6) is 0 Å². The second-order valence-electron chi connectivity index (χ2n) is 7.23. The molecule has 0 unspecified atom stereocenters. The van der Waals surface area contributed by atoms with Crippen molar-refractivity contribution in [1.29, 1.82) is 0 Å². The second-order valence-corrected chi connectivity index (χ2v) is 9.05. The molecule has 2 fully saturated rings. The molecular formula is C20H30Cl2FeN2O. The summed E-state index contributed by atoms with van der Waals surface area (Å²) in [5.41, 5.74) is 2.07. The van der Waals surface area contributed by atoms with Gasteiger partial charge < -0.3 is 4.42 Å². The molecule has 1 heterocycles. The van der Waals surface area contributed by atoms with Crippen LogP contribution in [0.1, 0.15) is 89.6 Å². The van der Waals surface area contributed by atoms with Gasteiger partial charge in [0.15, 0.2) is 0 Å². The fourth-order valence-corrected chi connectivity index (χ4v) is 3.82. The van der Waals surface area contributed by atoms with Gasteiger partial charge in [-0.25, -0.2) is 0 Å². The molecule has 0 radical (unpaired) electrons. The zero-order valence-electron chi connectivity index (χ0n) is 15.8. The summed E-state index contributed by atoms with van der Waals surface area (Å²) in [5.74, 6) is 1.81. The van der Waals surface area contributed by atoms with Crippen molar-refractivity contribution in [3.63, 3.8) is 0 Å². The van der Waals surface area contributed by atoms with Gasteiger partial charge in [-0.05, 0) is 51.7 Å². The van der Waals surface area contributed by atoms with E-state index in [0.29, 0.717) is 12.1 Å². The summed E-state index contributed by atoms with van der Waals surface area (Å²) < 4.78 is 6.03. The van der Waals surface area contributed by atoms with E-state index in [1.165, 1.54) is 64.2 Å². The molecular weight excluding hydrogens is 411 g/mol. The number of nitrogens with zero attached hydrogens (tertiary/aromatic N) is 2. The number of rotatable bonds is 4. The Morgan fingerprint density at radius 1 is 0.808 bits per heavy atom. The third-order valence-corrected chi connectivity index (χ3v) is 5.22. The molecule has 0 saturated heterocycles. The zero-order valence-corrected chi connectivity index (χ0v) is 18.4. The van der Waals surface area contributed by atoms with Crippen LogP contribution in [0.2, 0.25) is 0 Å². The van der Waals surface area contributed by atoms with Gasteiger partial charge in [0.05, 0.1) is 23.5 Å². The Kier molecular flexibility index (Phi) is 10.4. The molecule has 1 aromatic rings. The van der Waals surface area contributed by atoms with Gasteiger partial charge in [0.25, 0.3) is 0 Å². The molecule has 26 heavy (non-hydrogen) atoms. The number of hydrogen-bond donors (Lipinski definition) is 0. The van der Waals surface area contributed by atoms with Gasteiger partial charge in [-0.3, -0.25) is 9.98 Å². The topological polar surface area (TPSA) is 37.9 Å².